The molecule has 0 saturated carbocycles. The van der Waals surface area contributed by atoms with Gasteiger partial charge in [0.2, 0.25) is 0 Å². The summed E-state index contributed by atoms with van der Waals surface area (Å²) in [5.41, 5.74) is 2.86. The summed E-state index contributed by atoms with van der Waals surface area (Å²) >= 11 is 3.34. The predicted octanol–water partition coefficient (Wildman–Crippen LogP) is 4.21. The summed E-state index contributed by atoms with van der Waals surface area (Å²) in [6.07, 6.45) is 0. The first-order chi connectivity index (χ1) is 8.70. The summed E-state index contributed by atoms with van der Waals surface area (Å²) in [4.78, 5) is 0. The number of aryl methyl sites for hydroxylation is 1. The molecule has 0 bridgehead atoms. The van der Waals surface area contributed by atoms with Crippen LogP contribution >= 0.6 is 15.9 Å². The second-order valence-electron chi connectivity index (χ2n) is 3.97. The van der Waals surface area contributed by atoms with Gasteiger partial charge >= 0.3 is 0 Å². The smallest absolute Gasteiger partial charge is 0.137 e. The second kappa shape index (κ2) is 5.70. The van der Waals surface area contributed by atoms with Crippen LogP contribution in [0.3, 0.4) is 0 Å². The third-order valence-corrected chi connectivity index (χ3v) is 3.20. The number of halogens is 1. The van der Waals surface area contributed by atoms with Crippen LogP contribution in [0.4, 0.5) is 0 Å². The van der Waals surface area contributed by atoms with Crippen LogP contribution in [0.25, 0.3) is 0 Å². The standard InChI is InChI=1S/C15H12BrNO/c1-11-4-2-3-5-12(11)10-18-15-7-6-14(16)8-13(15)9-17/h2-8H,10H2,1H3. The normalized spacial score (nSPS) is 9.83. The van der Waals surface area contributed by atoms with E-state index in [0.717, 1.165) is 10.0 Å². The predicted molar refractivity (Wildman–Crippen MR) is 74.4 cm³/mol. The van der Waals surface area contributed by atoms with Crippen LogP contribution in [-0.2, 0) is 6.61 Å². The molecule has 0 heterocycles. The molecule has 3 heteroatoms. The minimum Gasteiger partial charge on any atom is -0.488 e. The molecule has 2 aromatic carbocycles. The van der Waals surface area contributed by atoms with Crippen molar-refractivity contribution in [3.05, 3.63) is 63.6 Å². The number of nitrogens with zero attached hydrogens (tertiary/aromatic N) is 1. The van der Waals surface area contributed by atoms with Gasteiger partial charge < -0.3 is 4.74 Å². The molecule has 0 saturated heterocycles. The van der Waals surface area contributed by atoms with E-state index in [1.807, 2.05) is 37.3 Å². The maximum Gasteiger partial charge on any atom is 0.137 e. The number of ether oxygens (including phenoxy) is 1. The Bertz CT molecular complexity index is 602. The van der Waals surface area contributed by atoms with Crippen LogP contribution in [-0.4, -0.2) is 0 Å². The molecule has 2 nitrogen and oxygen atoms in total. The van der Waals surface area contributed by atoms with E-state index < -0.39 is 0 Å². The topological polar surface area (TPSA) is 33.0 Å². The Balaban J connectivity index is 2.16. The van der Waals surface area contributed by atoms with Crippen molar-refractivity contribution in [3.8, 4) is 11.8 Å². The molecule has 0 radical (unpaired) electrons. The van der Waals surface area contributed by atoms with Crippen LogP contribution < -0.4 is 4.74 Å². The molecule has 0 aliphatic rings. The van der Waals surface area contributed by atoms with Crippen molar-refractivity contribution in [3.63, 3.8) is 0 Å². The van der Waals surface area contributed by atoms with Crippen LogP contribution in [0.5, 0.6) is 5.75 Å². The van der Waals surface area contributed by atoms with Crippen LogP contribution in [0.2, 0.25) is 0 Å². The summed E-state index contributed by atoms with van der Waals surface area (Å²) in [6.45, 7) is 2.52. The lowest BCUT2D eigenvalue weighted by Gasteiger charge is -2.10. The highest BCUT2D eigenvalue weighted by Gasteiger charge is 2.05. The maximum absolute atomic E-state index is 9.04. The third kappa shape index (κ3) is 2.91. The van der Waals surface area contributed by atoms with Gasteiger partial charge in [0.1, 0.15) is 18.4 Å². The zero-order valence-corrected chi connectivity index (χ0v) is 11.6. The Morgan fingerprint density at radius 3 is 2.72 bits per heavy atom. The van der Waals surface area contributed by atoms with Crippen LogP contribution in [0.15, 0.2) is 46.9 Å². The summed E-state index contributed by atoms with van der Waals surface area (Å²) in [5.74, 6) is 0.615. The molecule has 0 N–H and O–H groups in total. The molecule has 0 fully saturated rings. The van der Waals surface area contributed by atoms with Crippen molar-refractivity contribution in [1.82, 2.24) is 0 Å². The van der Waals surface area contributed by atoms with E-state index in [0.29, 0.717) is 17.9 Å². The summed E-state index contributed by atoms with van der Waals surface area (Å²) in [5, 5.41) is 9.04. The second-order valence-corrected chi connectivity index (χ2v) is 4.88. The van der Waals surface area contributed by atoms with Crippen molar-refractivity contribution in [1.29, 1.82) is 5.26 Å². The average Bonchev–Trinajstić information content (AvgIpc) is 2.39. The fourth-order valence-corrected chi connectivity index (χ4v) is 2.00. The lowest BCUT2D eigenvalue weighted by atomic mass is 10.1. The molecule has 0 unspecified atom stereocenters. The van der Waals surface area contributed by atoms with Crippen LogP contribution in [0, 0.1) is 18.3 Å². The molecule has 2 rings (SSSR count). The van der Waals surface area contributed by atoms with Gasteiger partial charge in [-0.2, -0.15) is 5.26 Å². The lowest BCUT2D eigenvalue weighted by molar-refractivity contribution is 0.304. The van der Waals surface area contributed by atoms with Gasteiger partial charge in [0, 0.05) is 4.47 Å². The van der Waals surface area contributed by atoms with Gasteiger partial charge in [-0.05, 0) is 36.2 Å². The molecule has 90 valence electrons. The summed E-state index contributed by atoms with van der Waals surface area (Å²) in [6, 6.07) is 15.6. The van der Waals surface area contributed by atoms with Gasteiger partial charge in [-0.3, -0.25) is 0 Å². The molecular weight excluding hydrogens is 290 g/mol. The molecule has 0 atom stereocenters. The zero-order valence-electron chi connectivity index (χ0n) is 9.98. The molecule has 0 amide bonds. The van der Waals surface area contributed by atoms with E-state index in [2.05, 4.69) is 22.0 Å². The van der Waals surface area contributed by atoms with Gasteiger partial charge in [-0.15, -0.1) is 0 Å². The molecule has 0 aliphatic carbocycles. The lowest BCUT2D eigenvalue weighted by Crippen LogP contribution is -1.99. The molecule has 0 aliphatic heterocycles. The first-order valence-corrected chi connectivity index (χ1v) is 6.37. The van der Waals surface area contributed by atoms with Crippen molar-refractivity contribution >= 4 is 15.9 Å². The Morgan fingerprint density at radius 2 is 2.00 bits per heavy atom. The summed E-state index contributed by atoms with van der Waals surface area (Å²) < 4.78 is 6.58. The van der Waals surface area contributed by atoms with Crippen molar-refractivity contribution in [2.75, 3.05) is 0 Å². The van der Waals surface area contributed by atoms with Crippen molar-refractivity contribution in [2.24, 2.45) is 0 Å². The van der Waals surface area contributed by atoms with E-state index in [-0.39, 0.29) is 0 Å². The number of hydrogen-bond acceptors (Lipinski definition) is 2. The van der Waals surface area contributed by atoms with Crippen molar-refractivity contribution < 1.29 is 4.74 Å². The van der Waals surface area contributed by atoms with Crippen LogP contribution in [0.1, 0.15) is 16.7 Å². The minimum atomic E-state index is 0.475. The highest BCUT2D eigenvalue weighted by molar-refractivity contribution is 9.10. The Labute approximate surface area is 115 Å². The molecular formula is C15H12BrNO. The zero-order chi connectivity index (χ0) is 13.0. The number of hydrogen-bond donors (Lipinski definition) is 0. The fraction of sp³-hybridized carbons (Fsp3) is 0.133. The molecule has 0 spiro atoms. The molecule has 0 aromatic heterocycles. The highest BCUT2D eigenvalue weighted by atomic mass is 79.9. The van der Waals surface area contributed by atoms with Gasteiger partial charge in [0.05, 0.1) is 5.56 Å². The fourth-order valence-electron chi connectivity index (χ4n) is 1.64. The quantitative estimate of drug-likeness (QED) is 0.851. The number of rotatable bonds is 3. The van der Waals surface area contributed by atoms with Gasteiger partial charge in [-0.1, -0.05) is 40.2 Å². The van der Waals surface area contributed by atoms with Crippen molar-refractivity contribution in [2.45, 2.75) is 13.5 Å². The SMILES string of the molecule is Cc1ccccc1COc1ccc(Br)cc1C#N. The highest BCUT2D eigenvalue weighted by Crippen LogP contribution is 2.23. The number of benzene rings is 2. The van der Waals surface area contributed by atoms with Gasteiger partial charge in [-0.25, -0.2) is 0 Å². The van der Waals surface area contributed by atoms with E-state index in [4.69, 9.17) is 10.00 Å². The van der Waals surface area contributed by atoms with E-state index in [9.17, 15) is 0 Å². The Hall–Kier alpha value is -1.79. The third-order valence-electron chi connectivity index (χ3n) is 2.71. The van der Waals surface area contributed by atoms with E-state index in [1.54, 1.807) is 12.1 Å². The maximum atomic E-state index is 9.04. The van der Waals surface area contributed by atoms with Gasteiger partial charge in [0.25, 0.3) is 0 Å². The van der Waals surface area contributed by atoms with E-state index in [1.165, 1.54) is 5.56 Å². The molecule has 2 aromatic rings. The molecule has 18 heavy (non-hydrogen) atoms. The first-order valence-electron chi connectivity index (χ1n) is 5.57. The average molecular weight is 302 g/mol. The summed E-state index contributed by atoms with van der Waals surface area (Å²) in [7, 11) is 0. The monoisotopic (exact) mass is 301 g/mol. The Kier molecular flexibility index (Phi) is 4.01. The minimum absolute atomic E-state index is 0.475. The first kappa shape index (κ1) is 12.7. The Morgan fingerprint density at radius 1 is 1.22 bits per heavy atom. The van der Waals surface area contributed by atoms with E-state index >= 15 is 0 Å². The largest absolute Gasteiger partial charge is 0.488 e. The number of nitriles is 1. The van der Waals surface area contributed by atoms with Gasteiger partial charge in [0.15, 0.2) is 0 Å².